The number of hydrogen-bond acceptors (Lipinski definition) is 4. The smallest absolute Gasteiger partial charge is 0.306 e. The Hall–Kier alpha value is -8.40. The lowest BCUT2D eigenvalue weighted by atomic mass is 9.94. The van der Waals surface area contributed by atoms with Crippen molar-refractivity contribution in [2.75, 3.05) is 0 Å². The maximum Gasteiger partial charge on any atom is 0.416 e. The van der Waals surface area contributed by atoms with E-state index in [1.807, 2.05) is 60.7 Å². The van der Waals surface area contributed by atoms with Crippen molar-refractivity contribution in [3.63, 3.8) is 0 Å². The molecule has 0 aliphatic carbocycles. The molecule has 0 unspecified atom stereocenters. The molecule has 0 bridgehead atoms. The van der Waals surface area contributed by atoms with Crippen LogP contribution in [0, 0.1) is 11.3 Å². The van der Waals surface area contributed by atoms with E-state index in [0.717, 1.165) is 93.0 Å². The van der Waals surface area contributed by atoms with Gasteiger partial charge in [-0.05, 0) is 84.9 Å². The zero-order valence-corrected chi connectivity index (χ0v) is 39.8. The number of alkyl halides is 12. The van der Waals surface area contributed by atoms with Gasteiger partial charge in [0.05, 0.1) is 61.3 Å². The normalized spacial score (nSPS) is 13.0. The molecule has 13 aromatic rings. The van der Waals surface area contributed by atoms with Crippen LogP contribution in [0.5, 0.6) is 0 Å². The van der Waals surface area contributed by atoms with Gasteiger partial charge in [-0.15, -0.1) is 22.7 Å². The summed E-state index contributed by atoms with van der Waals surface area (Å²) in [4.78, 5) is 5.48. The first-order valence-corrected chi connectivity index (χ1v) is 24.6. The predicted molar refractivity (Wildman–Crippen MR) is 274 cm³/mol. The second-order valence-electron chi connectivity index (χ2n) is 18.1. The zero-order chi connectivity index (χ0) is 53.0. The van der Waals surface area contributed by atoms with Crippen LogP contribution < -0.4 is 0 Å². The third-order valence-electron chi connectivity index (χ3n) is 13.9. The van der Waals surface area contributed by atoms with Crippen LogP contribution >= 0.6 is 22.7 Å². The maximum absolute atomic E-state index is 14.6. The summed E-state index contributed by atoms with van der Waals surface area (Å²) >= 11 is 2.67. The monoisotopic (exact) mass is 1070 g/mol. The molecule has 18 heteroatoms. The van der Waals surface area contributed by atoms with Crippen molar-refractivity contribution < 1.29 is 52.7 Å². The number of halogens is 12. The summed E-state index contributed by atoms with van der Waals surface area (Å²) in [5.41, 5.74) is -4.44. The molecular weight excluding hydrogens is 1040 g/mol. The number of aromatic nitrogens is 3. The van der Waals surface area contributed by atoms with E-state index < -0.39 is 47.0 Å². The van der Waals surface area contributed by atoms with Gasteiger partial charge >= 0.3 is 24.7 Å². The molecule has 0 aliphatic rings. The molecule has 13 rings (SSSR count). The second-order valence-corrected chi connectivity index (χ2v) is 20.2. The van der Waals surface area contributed by atoms with E-state index in [-0.39, 0.29) is 71.9 Å². The fourth-order valence-corrected chi connectivity index (χ4v) is 13.0. The number of rotatable bonds is 4. The fraction of sp³-hybridized carbons (Fsp3) is 0.0690. The molecule has 5 aromatic heterocycles. The van der Waals surface area contributed by atoms with E-state index in [4.69, 9.17) is 4.98 Å². The first-order valence-electron chi connectivity index (χ1n) is 22.9. The van der Waals surface area contributed by atoms with Gasteiger partial charge in [0.2, 0.25) is 0 Å². The van der Waals surface area contributed by atoms with Gasteiger partial charge in [0.15, 0.2) is 0 Å². The van der Waals surface area contributed by atoms with E-state index >= 15 is 0 Å². The maximum atomic E-state index is 14.6. The van der Waals surface area contributed by atoms with E-state index in [2.05, 4.69) is 6.07 Å². The minimum absolute atomic E-state index is 0.00865. The summed E-state index contributed by atoms with van der Waals surface area (Å²) in [7, 11) is 0. The number of benzene rings is 8. The van der Waals surface area contributed by atoms with Crippen LogP contribution in [0.25, 0.3) is 118 Å². The highest BCUT2D eigenvalue weighted by atomic mass is 32.1. The predicted octanol–water partition coefficient (Wildman–Crippen LogP) is 19.3. The van der Waals surface area contributed by atoms with Gasteiger partial charge in [-0.25, -0.2) is 4.98 Å². The van der Waals surface area contributed by atoms with E-state index in [9.17, 15) is 57.9 Å². The average molecular weight is 1070 g/mol. The van der Waals surface area contributed by atoms with Gasteiger partial charge < -0.3 is 4.57 Å². The highest BCUT2D eigenvalue weighted by Gasteiger charge is 2.38. The lowest BCUT2D eigenvalue weighted by molar-refractivity contribution is -0.138. The van der Waals surface area contributed by atoms with Gasteiger partial charge in [0.1, 0.15) is 11.9 Å². The summed E-state index contributed by atoms with van der Waals surface area (Å²) < 4.78 is 181. The lowest BCUT2D eigenvalue weighted by Gasteiger charge is -2.23. The van der Waals surface area contributed by atoms with Crippen molar-refractivity contribution in [1.82, 2.24) is 14.1 Å². The van der Waals surface area contributed by atoms with Crippen LogP contribution in [0.4, 0.5) is 52.7 Å². The van der Waals surface area contributed by atoms with Crippen LogP contribution in [0.2, 0.25) is 0 Å². The number of nitriles is 1. The minimum atomic E-state index is -4.94. The SMILES string of the molecule is N#Cc1c(-c2cccc3c2sc2ccccc23)c(-n2c3ccc(C(F)(F)F)cc3c3cc(C(F)(F)F)ccc32)nc(-c2cccc3c2sc2ccccc23)c1-n1c2ccc(C(F)(F)F)cc2c2cc(C(F)(F)F)ccc21. The Morgan fingerprint density at radius 2 is 0.763 bits per heavy atom. The highest BCUT2D eigenvalue weighted by molar-refractivity contribution is 7.26. The number of thiophene rings is 2. The molecule has 0 N–H and O–H groups in total. The Bertz CT molecular complexity index is 4530. The molecular formula is C58H26F12N4S2. The first-order chi connectivity index (χ1) is 36.2. The molecule has 0 spiro atoms. The van der Waals surface area contributed by atoms with Gasteiger partial charge in [0.25, 0.3) is 0 Å². The first kappa shape index (κ1) is 47.3. The van der Waals surface area contributed by atoms with Crippen molar-refractivity contribution in [3.05, 3.63) is 186 Å². The third-order valence-corrected chi connectivity index (χ3v) is 16.3. The molecule has 4 nitrogen and oxygen atoms in total. The van der Waals surface area contributed by atoms with Crippen LogP contribution in [0.3, 0.4) is 0 Å². The van der Waals surface area contributed by atoms with Crippen LogP contribution in [0.15, 0.2) is 158 Å². The number of fused-ring (bicyclic) bond motifs is 12. The second kappa shape index (κ2) is 16.3. The van der Waals surface area contributed by atoms with Gasteiger partial charge in [-0.1, -0.05) is 72.8 Å². The summed E-state index contributed by atoms with van der Waals surface area (Å²) in [6.07, 6.45) is -19.7. The van der Waals surface area contributed by atoms with Crippen LogP contribution in [-0.4, -0.2) is 14.1 Å². The largest absolute Gasteiger partial charge is 0.416 e. The number of hydrogen-bond donors (Lipinski definition) is 0. The molecule has 0 radical (unpaired) electrons. The Labute approximate surface area is 427 Å². The third kappa shape index (κ3) is 7.16. The summed E-state index contributed by atoms with van der Waals surface area (Å²) in [6, 6.07) is 38.3. The van der Waals surface area contributed by atoms with Gasteiger partial charge in [-0.2, -0.15) is 57.9 Å². The molecule has 0 fully saturated rings. The molecule has 0 amide bonds. The van der Waals surface area contributed by atoms with Crippen molar-refractivity contribution in [3.8, 4) is 40.0 Å². The molecule has 0 saturated carbocycles. The number of nitrogens with zero attached hydrogens (tertiary/aromatic N) is 4. The standard InChI is InChI=1S/C58H26F12N4S2/c59-55(60,61)28-15-19-43-38(23-28)39-24-29(56(62,63)64)16-20-44(39)73(43)51-42(27-71)49(36-11-5-9-34-32-7-1-3-13-47(32)75-52(34)36)54(72-50(51)37-12-6-10-35-33-8-2-4-14-48(33)76-53(35)37)74-45-21-17-30(57(65,66)67)25-40(45)41-26-31(58(68,69)70)18-22-46(41)74/h1-26H. The molecule has 76 heavy (non-hydrogen) atoms. The highest BCUT2D eigenvalue weighted by Crippen LogP contribution is 2.51. The van der Waals surface area contributed by atoms with Crippen molar-refractivity contribution in [2.45, 2.75) is 24.7 Å². The van der Waals surface area contributed by atoms with Crippen molar-refractivity contribution >= 4 is 107 Å². The molecule has 0 atom stereocenters. The number of pyridine rings is 1. The van der Waals surface area contributed by atoms with Crippen LogP contribution in [-0.2, 0) is 24.7 Å². The summed E-state index contributed by atoms with van der Waals surface area (Å²) in [5.74, 6) is -0.127. The van der Waals surface area contributed by atoms with Gasteiger partial charge in [-0.3, -0.25) is 4.57 Å². The molecule has 5 heterocycles. The lowest BCUT2D eigenvalue weighted by Crippen LogP contribution is -2.11. The molecule has 8 aromatic carbocycles. The molecule has 0 aliphatic heterocycles. The van der Waals surface area contributed by atoms with E-state index in [0.29, 0.717) is 31.3 Å². The fourth-order valence-electron chi connectivity index (χ4n) is 10.6. The minimum Gasteiger partial charge on any atom is -0.306 e. The zero-order valence-electron chi connectivity index (χ0n) is 38.2. The Morgan fingerprint density at radius 1 is 0.395 bits per heavy atom. The Balaban J connectivity index is 1.29. The van der Waals surface area contributed by atoms with Gasteiger partial charge in [0, 0.05) is 78.6 Å². The van der Waals surface area contributed by atoms with Crippen molar-refractivity contribution in [2.24, 2.45) is 0 Å². The Kier molecular flexibility index (Phi) is 10.1. The summed E-state index contributed by atoms with van der Waals surface area (Å²) in [5, 5.41) is 14.2. The van der Waals surface area contributed by atoms with E-state index in [1.54, 1.807) is 24.3 Å². The van der Waals surface area contributed by atoms with Crippen LogP contribution in [0.1, 0.15) is 27.8 Å². The molecule has 0 saturated heterocycles. The molecule has 374 valence electrons. The topological polar surface area (TPSA) is 46.5 Å². The quantitative estimate of drug-likeness (QED) is 0.165. The van der Waals surface area contributed by atoms with E-state index in [1.165, 1.54) is 31.8 Å². The Morgan fingerprint density at radius 3 is 1.17 bits per heavy atom. The van der Waals surface area contributed by atoms with Crippen molar-refractivity contribution in [1.29, 1.82) is 5.26 Å². The average Bonchev–Trinajstić information content (AvgIpc) is 4.15. The summed E-state index contributed by atoms with van der Waals surface area (Å²) in [6.45, 7) is 0.